The Balaban J connectivity index is 1.85. The predicted molar refractivity (Wildman–Crippen MR) is 118 cm³/mol. The van der Waals surface area contributed by atoms with Crippen LogP contribution in [0.4, 0.5) is 4.39 Å². The van der Waals surface area contributed by atoms with Crippen LogP contribution >= 0.6 is 11.6 Å². The van der Waals surface area contributed by atoms with Crippen molar-refractivity contribution in [3.05, 3.63) is 70.9 Å². The fourth-order valence-corrected chi connectivity index (χ4v) is 4.80. The minimum absolute atomic E-state index is 0.130. The summed E-state index contributed by atoms with van der Waals surface area (Å²) in [5.41, 5.74) is 3.73. The molecular formula is C24H21ClFN3O2. The average molecular weight is 438 g/mol. The first-order valence-electron chi connectivity index (χ1n) is 10.4. The van der Waals surface area contributed by atoms with Gasteiger partial charge in [0.1, 0.15) is 12.1 Å². The Bertz CT molecular complexity index is 1270. The van der Waals surface area contributed by atoms with Crippen LogP contribution in [0, 0.1) is 11.7 Å². The summed E-state index contributed by atoms with van der Waals surface area (Å²) < 4.78 is 22.8. The molecular weight excluding hydrogens is 417 g/mol. The maximum atomic E-state index is 15.1. The summed E-state index contributed by atoms with van der Waals surface area (Å²) in [6, 6.07) is 10.3. The number of fused-ring (bicyclic) bond motifs is 3. The summed E-state index contributed by atoms with van der Waals surface area (Å²) in [6.07, 6.45) is 6.07. The highest BCUT2D eigenvalue weighted by molar-refractivity contribution is 6.31. The highest BCUT2D eigenvalue weighted by Crippen LogP contribution is 2.41. The van der Waals surface area contributed by atoms with Gasteiger partial charge in [-0.2, -0.15) is 0 Å². The fourth-order valence-electron chi connectivity index (χ4n) is 4.63. The van der Waals surface area contributed by atoms with E-state index in [-0.39, 0.29) is 24.2 Å². The molecule has 0 saturated carbocycles. The number of hydrogen-bond acceptors (Lipinski definition) is 4. The molecule has 0 bridgehead atoms. The van der Waals surface area contributed by atoms with Crippen molar-refractivity contribution < 1.29 is 13.9 Å². The number of benzene rings is 1. The summed E-state index contributed by atoms with van der Waals surface area (Å²) in [5, 5.41) is 1.53. The maximum absolute atomic E-state index is 15.1. The number of carbonyl (C=O) groups is 1. The van der Waals surface area contributed by atoms with Crippen molar-refractivity contribution in [2.75, 3.05) is 13.2 Å². The second-order valence-electron chi connectivity index (χ2n) is 7.88. The van der Waals surface area contributed by atoms with Crippen LogP contribution in [0.5, 0.6) is 0 Å². The number of halogens is 2. The number of nitrogens with zero attached hydrogens (tertiary/aromatic N) is 3. The van der Waals surface area contributed by atoms with Crippen LogP contribution in [0.2, 0.25) is 5.02 Å². The van der Waals surface area contributed by atoms with Gasteiger partial charge in [-0.3, -0.25) is 9.97 Å². The minimum atomic E-state index is -0.350. The molecule has 0 aliphatic carbocycles. The van der Waals surface area contributed by atoms with Crippen molar-refractivity contribution in [2.24, 2.45) is 5.92 Å². The standard InChI is InChI=1S/C24H21ClFN3O2/c25-17-3-4-18-20(13-17)29(21-12-15(5-9-30)14-28-22(18)21)24(16-6-10-31-11-7-16)23-19(26)2-1-8-27-23/h1-4,8-9,12-14,16,24H,5-7,10-11H2. The molecule has 0 amide bonds. The number of aromatic nitrogens is 3. The van der Waals surface area contributed by atoms with E-state index < -0.39 is 0 Å². The Morgan fingerprint density at radius 3 is 2.81 bits per heavy atom. The lowest BCUT2D eigenvalue weighted by Gasteiger charge is -2.32. The summed E-state index contributed by atoms with van der Waals surface area (Å²) in [5.74, 6) is -0.210. The van der Waals surface area contributed by atoms with E-state index in [4.69, 9.17) is 16.3 Å². The molecule has 5 rings (SSSR count). The molecule has 1 aliphatic rings. The molecule has 1 aromatic carbocycles. The molecule has 3 aromatic heterocycles. The monoisotopic (exact) mass is 437 g/mol. The number of ether oxygens (including phenoxy) is 1. The second-order valence-corrected chi connectivity index (χ2v) is 8.32. The molecule has 158 valence electrons. The van der Waals surface area contributed by atoms with Crippen molar-refractivity contribution in [1.29, 1.82) is 0 Å². The quantitative estimate of drug-likeness (QED) is 0.406. The first-order valence-corrected chi connectivity index (χ1v) is 10.7. The van der Waals surface area contributed by atoms with Gasteiger partial charge in [-0.05, 0) is 60.7 Å². The third-order valence-corrected chi connectivity index (χ3v) is 6.27. The first kappa shape index (κ1) is 20.1. The van der Waals surface area contributed by atoms with Gasteiger partial charge in [0.05, 0.1) is 28.3 Å². The third-order valence-electron chi connectivity index (χ3n) is 6.03. The van der Waals surface area contributed by atoms with Gasteiger partial charge in [-0.1, -0.05) is 11.6 Å². The Morgan fingerprint density at radius 2 is 2.03 bits per heavy atom. The molecule has 1 unspecified atom stereocenters. The summed E-state index contributed by atoms with van der Waals surface area (Å²) in [6.45, 7) is 1.25. The number of hydrogen-bond donors (Lipinski definition) is 0. The topological polar surface area (TPSA) is 57.0 Å². The van der Waals surface area contributed by atoms with E-state index in [2.05, 4.69) is 14.5 Å². The van der Waals surface area contributed by atoms with Gasteiger partial charge in [-0.25, -0.2) is 4.39 Å². The fraction of sp³-hybridized carbons (Fsp3) is 0.292. The van der Waals surface area contributed by atoms with E-state index in [9.17, 15) is 4.79 Å². The van der Waals surface area contributed by atoms with E-state index in [0.29, 0.717) is 23.9 Å². The van der Waals surface area contributed by atoms with Crippen LogP contribution < -0.4 is 0 Å². The van der Waals surface area contributed by atoms with Gasteiger partial charge < -0.3 is 14.1 Å². The van der Waals surface area contributed by atoms with Gasteiger partial charge in [0.25, 0.3) is 0 Å². The van der Waals surface area contributed by atoms with Crippen molar-refractivity contribution in [1.82, 2.24) is 14.5 Å². The van der Waals surface area contributed by atoms with Gasteiger partial charge >= 0.3 is 0 Å². The highest BCUT2D eigenvalue weighted by Gasteiger charge is 2.32. The molecule has 0 N–H and O–H groups in total. The number of aldehydes is 1. The van der Waals surface area contributed by atoms with Crippen LogP contribution in [-0.4, -0.2) is 34.0 Å². The number of rotatable bonds is 5. The van der Waals surface area contributed by atoms with Crippen LogP contribution in [0.1, 0.15) is 30.1 Å². The Labute approximate surface area is 183 Å². The molecule has 1 aliphatic heterocycles. The zero-order chi connectivity index (χ0) is 21.4. The van der Waals surface area contributed by atoms with E-state index in [0.717, 1.165) is 46.6 Å². The second kappa shape index (κ2) is 8.36. The Morgan fingerprint density at radius 1 is 1.19 bits per heavy atom. The third kappa shape index (κ3) is 3.60. The van der Waals surface area contributed by atoms with Crippen molar-refractivity contribution in [3.63, 3.8) is 0 Å². The molecule has 7 heteroatoms. The summed E-state index contributed by atoms with van der Waals surface area (Å²) in [7, 11) is 0. The lowest BCUT2D eigenvalue weighted by molar-refractivity contribution is -0.107. The SMILES string of the molecule is O=CCc1cnc2c3ccc(Cl)cc3n(C(c3ncccc3F)C3CCOCC3)c2c1. The first-order chi connectivity index (χ1) is 15.2. The summed E-state index contributed by atoms with van der Waals surface area (Å²) in [4.78, 5) is 20.3. The molecule has 4 heterocycles. The average Bonchev–Trinajstić information content (AvgIpc) is 3.09. The lowest BCUT2D eigenvalue weighted by Crippen LogP contribution is -2.28. The van der Waals surface area contributed by atoms with E-state index in [1.54, 1.807) is 18.5 Å². The zero-order valence-electron chi connectivity index (χ0n) is 16.8. The van der Waals surface area contributed by atoms with Crippen LogP contribution in [0.25, 0.3) is 21.9 Å². The molecule has 0 spiro atoms. The molecule has 5 nitrogen and oxygen atoms in total. The highest BCUT2D eigenvalue weighted by atomic mass is 35.5. The molecule has 1 saturated heterocycles. The Kier molecular flexibility index (Phi) is 5.42. The maximum Gasteiger partial charge on any atom is 0.146 e. The smallest absolute Gasteiger partial charge is 0.146 e. The van der Waals surface area contributed by atoms with Crippen molar-refractivity contribution in [2.45, 2.75) is 25.3 Å². The number of carbonyl (C=O) groups excluding carboxylic acids is 1. The van der Waals surface area contributed by atoms with Crippen molar-refractivity contribution >= 4 is 39.8 Å². The molecule has 0 radical (unpaired) electrons. The summed E-state index contributed by atoms with van der Waals surface area (Å²) >= 11 is 6.38. The number of pyridine rings is 2. The normalized spacial score (nSPS) is 16.1. The van der Waals surface area contributed by atoms with E-state index in [1.165, 1.54) is 6.07 Å². The van der Waals surface area contributed by atoms with Crippen LogP contribution in [0.15, 0.2) is 48.8 Å². The minimum Gasteiger partial charge on any atom is -0.381 e. The van der Waals surface area contributed by atoms with Gasteiger partial charge in [-0.15, -0.1) is 0 Å². The van der Waals surface area contributed by atoms with Gasteiger partial charge in [0.2, 0.25) is 0 Å². The van der Waals surface area contributed by atoms with Crippen molar-refractivity contribution in [3.8, 4) is 0 Å². The van der Waals surface area contributed by atoms with Crippen LogP contribution in [-0.2, 0) is 16.0 Å². The van der Waals surface area contributed by atoms with Gasteiger partial charge in [0.15, 0.2) is 0 Å². The Hall–Kier alpha value is -2.83. The predicted octanol–water partition coefficient (Wildman–Crippen LogP) is 5.13. The van der Waals surface area contributed by atoms with Gasteiger partial charge in [0, 0.05) is 42.4 Å². The van der Waals surface area contributed by atoms with E-state index in [1.807, 2.05) is 24.3 Å². The van der Waals surface area contributed by atoms with E-state index >= 15 is 4.39 Å². The lowest BCUT2D eigenvalue weighted by atomic mass is 9.88. The molecule has 4 aromatic rings. The van der Waals surface area contributed by atoms with Crippen LogP contribution in [0.3, 0.4) is 0 Å². The molecule has 1 fully saturated rings. The molecule has 1 atom stereocenters. The molecule has 31 heavy (non-hydrogen) atoms. The largest absolute Gasteiger partial charge is 0.381 e. The zero-order valence-corrected chi connectivity index (χ0v) is 17.6.